The van der Waals surface area contributed by atoms with Crippen LogP contribution in [-0.4, -0.2) is 80.3 Å². The number of nitrogens with one attached hydrogen (secondary N) is 1. The van der Waals surface area contributed by atoms with Crippen molar-refractivity contribution in [1.29, 1.82) is 0 Å². The van der Waals surface area contributed by atoms with Crippen LogP contribution in [0.4, 0.5) is 4.79 Å². The molecule has 10 nitrogen and oxygen atoms in total. The number of carbonyl (C=O) groups excluding carboxylic acids is 2. The monoisotopic (exact) mass is 336 g/mol. The van der Waals surface area contributed by atoms with Crippen LogP contribution in [0, 0.1) is 5.92 Å². The number of likely N-dealkylation sites (tertiary alicyclic amines) is 1. The van der Waals surface area contributed by atoms with E-state index >= 15 is 0 Å². The highest BCUT2D eigenvalue weighted by Gasteiger charge is 2.54. The predicted octanol–water partition coefficient (Wildman–Crippen LogP) is -1.22. The van der Waals surface area contributed by atoms with Crippen LogP contribution in [0.15, 0.2) is 6.33 Å². The highest BCUT2D eigenvalue weighted by molar-refractivity contribution is 5.83. The summed E-state index contributed by atoms with van der Waals surface area (Å²) in [7, 11) is 1.80. The zero-order valence-corrected chi connectivity index (χ0v) is 13.4. The van der Waals surface area contributed by atoms with Gasteiger partial charge in [0.05, 0.1) is 5.54 Å². The lowest BCUT2D eigenvalue weighted by Gasteiger charge is -2.51. The summed E-state index contributed by atoms with van der Waals surface area (Å²) in [4.78, 5) is 40.3. The van der Waals surface area contributed by atoms with Gasteiger partial charge in [0, 0.05) is 45.6 Å². The minimum atomic E-state index is -0.250. The first-order valence-corrected chi connectivity index (χ1v) is 7.76. The van der Waals surface area contributed by atoms with Crippen molar-refractivity contribution in [3.05, 3.63) is 12.2 Å². The van der Waals surface area contributed by atoms with Crippen molar-refractivity contribution in [1.82, 2.24) is 29.9 Å². The molecular weight excluding hydrogens is 316 g/mol. The van der Waals surface area contributed by atoms with Crippen molar-refractivity contribution in [2.75, 3.05) is 26.7 Å². The fraction of sp³-hybridized carbons (Fsp3) is 0.643. The lowest BCUT2D eigenvalue weighted by atomic mass is 9.86. The number of amides is 3. The van der Waals surface area contributed by atoms with E-state index in [0.29, 0.717) is 26.1 Å². The Labute approximate surface area is 138 Å². The number of hydrogen-bond donors (Lipinski definition) is 2. The molecule has 0 radical (unpaired) electrons. The van der Waals surface area contributed by atoms with E-state index in [1.165, 1.54) is 0 Å². The largest absolute Gasteiger partial charge is 0.483 e. The van der Waals surface area contributed by atoms with Crippen LogP contribution in [0.3, 0.4) is 0 Å². The first kappa shape index (κ1) is 16.2. The van der Waals surface area contributed by atoms with Crippen molar-refractivity contribution in [3.63, 3.8) is 0 Å². The van der Waals surface area contributed by atoms with Crippen LogP contribution in [0.25, 0.3) is 0 Å². The van der Waals surface area contributed by atoms with Gasteiger partial charge in [0.2, 0.25) is 5.91 Å². The third kappa shape index (κ3) is 2.57. The average molecular weight is 336 g/mol. The van der Waals surface area contributed by atoms with Crippen LogP contribution in [0.2, 0.25) is 0 Å². The van der Waals surface area contributed by atoms with Crippen molar-refractivity contribution in [3.8, 4) is 0 Å². The molecule has 2 fully saturated rings. The molecule has 3 aliphatic rings. The molecule has 2 N–H and O–H groups in total. The highest BCUT2D eigenvalue weighted by Crippen LogP contribution is 2.32. The summed E-state index contributed by atoms with van der Waals surface area (Å²) in [5.41, 5.74) is -0.193. The molecule has 0 aliphatic carbocycles. The van der Waals surface area contributed by atoms with E-state index in [4.69, 9.17) is 9.90 Å². The third-order valence-corrected chi connectivity index (χ3v) is 5.03. The first-order chi connectivity index (χ1) is 11.5. The number of carboxylic acid groups (broad SMARTS) is 1. The van der Waals surface area contributed by atoms with Gasteiger partial charge in [-0.2, -0.15) is 5.10 Å². The summed E-state index contributed by atoms with van der Waals surface area (Å²) < 4.78 is 1.87. The SMILES string of the molecule is CN1C(=O)NCC12CN(C(=O)C1CCn3ncnc3C1)C2.O=CO. The summed E-state index contributed by atoms with van der Waals surface area (Å²) in [5.74, 6) is 1.07. The van der Waals surface area contributed by atoms with Crippen molar-refractivity contribution >= 4 is 18.4 Å². The second-order valence-corrected chi connectivity index (χ2v) is 6.33. The van der Waals surface area contributed by atoms with Gasteiger partial charge in [0.15, 0.2) is 0 Å². The van der Waals surface area contributed by atoms with E-state index in [2.05, 4.69) is 15.4 Å². The Kier molecular flexibility index (Phi) is 4.12. The molecule has 2 saturated heterocycles. The topological polar surface area (TPSA) is 121 Å². The van der Waals surface area contributed by atoms with E-state index in [1.807, 2.05) is 9.58 Å². The fourth-order valence-corrected chi connectivity index (χ4v) is 3.54. The molecule has 1 unspecified atom stereocenters. The van der Waals surface area contributed by atoms with E-state index in [9.17, 15) is 9.59 Å². The zero-order chi connectivity index (χ0) is 17.3. The number of nitrogens with zero attached hydrogens (tertiary/aromatic N) is 5. The molecule has 24 heavy (non-hydrogen) atoms. The molecule has 1 aromatic heterocycles. The van der Waals surface area contributed by atoms with Gasteiger partial charge in [0.25, 0.3) is 6.47 Å². The molecule has 0 bridgehead atoms. The molecule has 10 heteroatoms. The first-order valence-electron chi connectivity index (χ1n) is 7.76. The number of carbonyl (C=O) groups is 3. The molecule has 1 spiro atoms. The fourth-order valence-electron chi connectivity index (χ4n) is 3.54. The maximum atomic E-state index is 12.6. The number of hydrogen-bond acceptors (Lipinski definition) is 5. The standard InChI is InChI=1S/C13H18N6O2.CH2O2/c1-17-12(21)14-5-13(17)6-18(7-13)11(20)9-2-3-19-10(4-9)15-8-16-19;2-1-3/h8-9H,2-7H2,1H3,(H,14,21);1H,(H,2,3). The second-order valence-electron chi connectivity index (χ2n) is 6.33. The summed E-state index contributed by atoms with van der Waals surface area (Å²) in [5, 5.41) is 13.9. The third-order valence-electron chi connectivity index (χ3n) is 5.03. The maximum Gasteiger partial charge on any atom is 0.317 e. The van der Waals surface area contributed by atoms with Crippen molar-refractivity contribution in [2.24, 2.45) is 5.92 Å². The lowest BCUT2D eigenvalue weighted by Crippen LogP contribution is -2.70. The van der Waals surface area contributed by atoms with Gasteiger partial charge < -0.3 is 20.2 Å². The Bertz CT molecular complexity index is 653. The molecule has 0 aromatic carbocycles. The quantitative estimate of drug-likeness (QED) is 0.620. The Hall–Kier alpha value is -2.65. The zero-order valence-electron chi connectivity index (χ0n) is 13.4. The van der Waals surface area contributed by atoms with Gasteiger partial charge in [-0.05, 0) is 6.42 Å². The van der Waals surface area contributed by atoms with Crippen LogP contribution in [0.1, 0.15) is 12.2 Å². The summed E-state index contributed by atoms with van der Waals surface area (Å²) >= 11 is 0. The summed E-state index contributed by atoms with van der Waals surface area (Å²) in [6.45, 7) is 2.39. The Morgan fingerprint density at radius 1 is 1.50 bits per heavy atom. The van der Waals surface area contributed by atoms with Gasteiger partial charge >= 0.3 is 6.03 Å². The second kappa shape index (κ2) is 6.10. The van der Waals surface area contributed by atoms with E-state index < -0.39 is 0 Å². The summed E-state index contributed by atoms with van der Waals surface area (Å²) in [6, 6.07) is -0.0483. The number of aryl methyl sites for hydroxylation is 1. The molecule has 3 amide bonds. The van der Waals surface area contributed by atoms with E-state index in [1.54, 1.807) is 18.3 Å². The number of rotatable bonds is 1. The Balaban J connectivity index is 0.000000526. The highest BCUT2D eigenvalue weighted by atomic mass is 16.3. The number of likely N-dealkylation sites (N-methyl/N-ethyl adjacent to an activating group) is 1. The lowest BCUT2D eigenvalue weighted by molar-refractivity contribution is -0.147. The van der Waals surface area contributed by atoms with Crippen molar-refractivity contribution in [2.45, 2.75) is 24.9 Å². The van der Waals surface area contributed by atoms with Crippen LogP contribution in [-0.2, 0) is 22.6 Å². The van der Waals surface area contributed by atoms with Gasteiger partial charge in [-0.25, -0.2) is 9.78 Å². The maximum absolute atomic E-state index is 12.6. The smallest absolute Gasteiger partial charge is 0.317 e. The molecule has 4 heterocycles. The number of aromatic nitrogens is 3. The Morgan fingerprint density at radius 2 is 2.21 bits per heavy atom. The van der Waals surface area contributed by atoms with Crippen LogP contribution >= 0.6 is 0 Å². The molecule has 4 rings (SSSR count). The van der Waals surface area contributed by atoms with Gasteiger partial charge in [-0.3, -0.25) is 14.3 Å². The molecule has 1 aromatic rings. The molecule has 1 atom stereocenters. The van der Waals surface area contributed by atoms with Crippen LogP contribution in [0.5, 0.6) is 0 Å². The van der Waals surface area contributed by atoms with Gasteiger partial charge in [0.1, 0.15) is 12.2 Å². The Morgan fingerprint density at radius 3 is 2.83 bits per heavy atom. The van der Waals surface area contributed by atoms with Crippen molar-refractivity contribution < 1.29 is 19.5 Å². The van der Waals surface area contributed by atoms with E-state index in [0.717, 1.165) is 18.8 Å². The van der Waals surface area contributed by atoms with E-state index in [-0.39, 0.29) is 29.9 Å². The molecule has 130 valence electrons. The van der Waals surface area contributed by atoms with Gasteiger partial charge in [-0.15, -0.1) is 0 Å². The molecule has 0 saturated carbocycles. The average Bonchev–Trinajstić information content (AvgIpc) is 3.11. The van der Waals surface area contributed by atoms with Crippen LogP contribution < -0.4 is 5.32 Å². The molecular formula is C14H20N6O4. The number of urea groups is 1. The normalized spacial score (nSPS) is 23.7. The minimum absolute atomic E-state index is 0.00517. The minimum Gasteiger partial charge on any atom is -0.483 e. The molecule has 3 aliphatic heterocycles. The number of fused-ring (bicyclic) bond motifs is 1. The summed E-state index contributed by atoms with van der Waals surface area (Å²) in [6.07, 6.45) is 3.02. The van der Waals surface area contributed by atoms with Gasteiger partial charge in [-0.1, -0.05) is 0 Å². The predicted molar refractivity (Wildman–Crippen MR) is 81.0 cm³/mol.